The van der Waals surface area contributed by atoms with E-state index in [1.165, 1.54) is 18.2 Å². The molecule has 0 spiro atoms. The Bertz CT molecular complexity index is 501. The molecule has 1 aliphatic rings. The Hall–Kier alpha value is -1.48. The van der Waals surface area contributed by atoms with Crippen LogP contribution in [0.4, 0.5) is 4.39 Å². The number of nitriles is 1. The van der Waals surface area contributed by atoms with Gasteiger partial charge in [-0.3, -0.25) is 4.90 Å². The van der Waals surface area contributed by atoms with Gasteiger partial charge in [-0.15, -0.1) is 0 Å². The molecular weight excluding hydrogens is 259 g/mol. The molecule has 0 unspecified atom stereocenters. The van der Waals surface area contributed by atoms with E-state index in [-0.39, 0.29) is 18.0 Å². The van der Waals surface area contributed by atoms with E-state index in [2.05, 4.69) is 11.0 Å². The first-order chi connectivity index (χ1) is 9.67. The van der Waals surface area contributed by atoms with Crippen molar-refractivity contribution in [2.75, 3.05) is 27.4 Å². The van der Waals surface area contributed by atoms with Gasteiger partial charge in [0.2, 0.25) is 0 Å². The monoisotopic (exact) mass is 278 g/mol. The molecule has 5 heteroatoms. The van der Waals surface area contributed by atoms with Crippen LogP contribution in [0, 0.1) is 17.1 Å². The van der Waals surface area contributed by atoms with Crippen LogP contribution in [0.5, 0.6) is 0 Å². The number of nitrogens with zero attached hydrogens (tertiary/aromatic N) is 2. The van der Waals surface area contributed by atoms with E-state index in [1.807, 2.05) is 0 Å². The van der Waals surface area contributed by atoms with Crippen LogP contribution in [0.25, 0.3) is 0 Å². The summed E-state index contributed by atoms with van der Waals surface area (Å²) in [5.41, 5.74) is 1.23. The molecule has 20 heavy (non-hydrogen) atoms. The van der Waals surface area contributed by atoms with Crippen molar-refractivity contribution in [3.8, 4) is 6.07 Å². The molecule has 0 N–H and O–H groups in total. The topological polar surface area (TPSA) is 45.5 Å². The molecule has 2 atom stereocenters. The fraction of sp³-hybridized carbons (Fsp3) is 0.533. The maximum atomic E-state index is 13.4. The predicted octanol–water partition coefficient (Wildman–Crippen LogP) is 1.93. The molecule has 0 aliphatic carbocycles. The maximum Gasteiger partial charge on any atom is 0.123 e. The van der Waals surface area contributed by atoms with Crippen molar-refractivity contribution >= 4 is 0 Å². The van der Waals surface area contributed by atoms with Crippen molar-refractivity contribution in [2.45, 2.75) is 25.1 Å². The van der Waals surface area contributed by atoms with Crippen LogP contribution < -0.4 is 0 Å². The fourth-order valence-corrected chi connectivity index (χ4v) is 2.69. The largest absolute Gasteiger partial charge is 0.383 e. The zero-order valence-corrected chi connectivity index (χ0v) is 11.8. The highest BCUT2D eigenvalue weighted by Crippen LogP contribution is 2.24. The minimum atomic E-state index is -0.315. The first-order valence-electron chi connectivity index (χ1n) is 6.62. The zero-order chi connectivity index (χ0) is 14.5. The van der Waals surface area contributed by atoms with Crippen LogP contribution in [0.1, 0.15) is 17.5 Å². The molecule has 4 nitrogen and oxygen atoms in total. The second-order valence-corrected chi connectivity index (χ2v) is 5.05. The van der Waals surface area contributed by atoms with E-state index in [9.17, 15) is 4.39 Å². The van der Waals surface area contributed by atoms with Crippen molar-refractivity contribution in [1.29, 1.82) is 5.26 Å². The highest BCUT2D eigenvalue weighted by molar-refractivity contribution is 5.37. The molecule has 1 saturated heterocycles. The van der Waals surface area contributed by atoms with Gasteiger partial charge >= 0.3 is 0 Å². The van der Waals surface area contributed by atoms with Gasteiger partial charge in [0.15, 0.2) is 0 Å². The van der Waals surface area contributed by atoms with Gasteiger partial charge in [-0.2, -0.15) is 5.26 Å². The Morgan fingerprint density at radius 1 is 1.45 bits per heavy atom. The van der Waals surface area contributed by atoms with E-state index in [0.29, 0.717) is 24.3 Å². The first kappa shape index (κ1) is 14.9. The molecule has 0 amide bonds. The molecule has 1 heterocycles. The average molecular weight is 278 g/mol. The molecule has 1 aliphatic heterocycles. The summed E-state index contributed by atoms with van der Waals surface area (Å²) in [5.74, 6) is -0.315. The van der Waals surface area contributed by atoms with Crippen LogP contribution in [0.3, 0.4) is 0 Å². The van der Waals surface area contributed by atoms with Gasteiger partial charge in [0, 0.05) is 33.4 Å². The molecule has 108 valence electrons. The van der Waals surface area contributed by atoms with Gasteiger partial charge in [0.25, 0.3) is 0 Å². The smallest absolute Gasteiger partial charge is 0.123 e. The number of hydrogen-bond donors (Lipinski definition) is 0. The number of likely N-dealkylation sites (tertiary alicyclic amines) is 1. The predicted molar refractivity (Wildman–Crippen MR) is 72.6 cm³/mol. The fourth-order valence-electron chi connectivity index (χ4n) is 2.69. The summed E-state index contributed by atoms with van der Waals surface area (Å²) in [6, 6.07) is 6.63. The van der Waals surface area contributed by atoms with Crippen LogP contribution in [0.15, 0.2) is 18.2 Å². The van der Waals surface area contributed by atoms with Crippen LogP contribution in [-0.4, -0.2) is 44.4 Å². The molecule has 0 bridgehead atoms. The van der Waals surface area contributed by atoms with E-state index in [0.717, 1.165) is 13.0 Å². The molecule has 1 aromatic carbocycles. The van der Waals surface area contributed by atoms with Crippen LogP contribution in [0.2, 0.25) is 0 Å². The Balaban J connectivity index is 2.15. The number of ether oxygens (including phenoxy) is 2. The van der Waals surface area contributed by atoms with Gasteiger partial charge < -0.3 is 9.47 Å². The molecule has 1 aromatic rings. The van der Waals surface area contributed by atoms with Crippen molar-refractivity contribution in [3.05, 3.63) is 35.1 Å². The quantitative estimate of drug-likeness (QED) is 0.825. The average Bonchev–Trinajstić information content (AvgIpc) is 2.82. The van der Waals surface area contributed by atoms with Gasteiger partial charge in [-0.25, -0.2) is 4.39 Å². The summed E-state index contributed by atoms with van der Waals surface area (Å²) < 4.78 is 24.0. The highest BCUT2D eigenvalue weighted by atomic mass is 19.1. The third-order valence-corrected chi connectivity index (χ3v) is 3.74. The maximum absolute atomic E-state index is 13.4. The summed E-state index contributed by atoms with van der Waals surface area (Å²) in [6.07, 6.45) is 1.05. The lowest BCUT2D eigenvalue weighted by Crippen LogP contribution is -2.32. The Labute approximate surface area is 118 Å². The first-order valence-corrected chi connectivity index (χ1v) is 6.62. The van der Waals surface area contributed by atoms with Crippen LogP contribution in [-0.2, 0) is 16.0 Å². The van der Waals surface area contributed by atoms with Gasteiger partial charge in [-0.05, 0) is 30.2 Å². The number of rotatable bonds is 5. The normalized spacial score (nSPS) is 22.9. The van der Waals surface area contributed by atoms with Gasteiger partial charge in [0.05, 0.1) is 24.3 Å². The molecule has 2 rings (SSSR count). The van der Waals surface area contributed by atoms with Crippen molar-refractivity contribution < 1.29 is 13.9 Å². The zero-order valence-electron chi connectivity index (χ0n) is 11.8. The second-order valence-electron chi connectivity index (χ2n) is 5.05. The Morgan fingerprint density at radius 2 is 2.25 bits per heavy atom. The summed E-state index contributed by atoms with van der Waals surface area (Å²) >= 11 is 0. The van der Waals surface area contributed by atoms with E-state index in [1.54, 1.807) is 14.2 Å². The lowest BCUT2D eigenvalue weighted by molar-refractivity contribution is 0.106. The SMILES string of the molecule is COC[C@@H]1C[C@@H](OC)CN1Cc1cc(F)ccc1C#N. The van der Waals surface area contributed by atoms with Gasteiger partial charge in [0.1, 0.15) is 5.82 Å². The van der Waals surface area contributed by atoms with Gasteiger partial charge in [-0.1, -0.05) is 0 Å². The summed E-state index contributed by atoms with van der Waals surface area (Å²) in [4.78, 5) is 2.19. The summed E-state index contributed by atoms with van der Waals surface area (Å²) in [7, 11) is 3.36. The number of halogens is 1. The van der Waals surface area contributed by atoms with Crippen molar-refractivity contribution in [2.24, 2.45) is 0 Å². The van der Waals surface area contributed by atoms with Crippen molar-refractivity contribution in [3.63, 3.8) is 0 Å². The minimum Gasteiger partial charge on any atom is -0.383 e. The third-order valence-electron chi connectivity index (χ3n) is 3.74. The van der Waals surface area contributed by atoms with Crippen LogP contribution >= 0.6 is 0 Å². The summed E-state index contributed by atoms with van der Waals surface area (Å²) in [6.45, 7) is 1.91. The Kier molecular flexibility index (Phi) is 5.07. The third kappa shape index (κ3) is 3.34. The highest BCUT2D eigenvalue weighted by Gasteiger charge is 2.32. The van der Waals surface area contributed by atoms with E-state index >= 15 is 0 Å². The molecule has 1 fully saturated rings. The van der Waals surface area contributed by atoms with E-state index < -0.39 is 0 Å². The standard InChI is InChI=1S/C15H19FN2O2/c1-19-10-14-6-15(20-2)9-18(14)8-12-5-13(16)4-3-11(12)7-17/h3-5,14-15H,6,8-10H2,1-2H3/t14-,15+/m0/s1. The number of benzene rings is 1. The van der Waals surface area contributed by atoms with Crippen molar-refractivity contribution in [1.82, 2.24) is 4.90 Å². The number of hydrogen-bond acceptors (Lipinski definition) is 4. The summed E-state index contributed by atoms with van der Waals surface area (Å²) in [5, 5.41) is 9.11. The molecular formula is C15H19FN2O2. The Morgan fingerprint density at radius 3 is 2.90 bits per heavy atom. The molecule has 0 radical (unpaired) electrons. The second kappa shape index (κ2) is 6.80. The minimum absolute atomic E-state index is 0.161. The molecule has 0 saturated carbocycles. The molecule has 0 aromatic heterocycles. The lowest BCUT2D eigenvalue weighted by atomic mass is 10.1. The lowest BCUT2D eigenvalue weighted by Gasteiger charge is -2.23. The number of methoxy groups -OCH3 is 2. The van der Waals surface area contributed by atoms with E-state index in [4.69, 9.17) is 14.7 Å².